The number of rotatable bonds is 5. The van der Waals surface area contributed by atoms with E-state index in [1.54, 1.807) is 19.1 Å². The summed E-state index contributed by atoms with van der Waals surface area (Å²) in [4.78, 5) is 23.7. The molecule has 104 valence electrons. The van der Waals surface area contributed by atoms with Crippen LogP contribution < -0.4 is 10.6 Å². The zero-order valence-electron chi connectivity index (χ0n) is 11.4. The summed E-state index contributed by atoms with van der Waals surface area (Å²) < 4.78 is 1.07. The fourth-order valence-electron chi connectivity index (χ4n) is 1.42. The molecule has 0 aromatic heterocycles. The highest BCUT2D eigenvalue weighted by Crippen LogP contribution is 2.06. The number of carbonyl (C=O) groups excluding carboxylic acids is 2. The van der Waals surface area contributed by atoms with Crippen molar-refractivity contribution in [2.24, 2.45) is 0 Å². The van der Waals surface area contributed by atoms with Crippen LogP contribution in [0.2, 0.25) is 0 Å². The Balaban J connectivity index is 2.56. The molecule has 0 saturated carbocycles. The van der Waals surface area contributed by atoms with Gasteiger partial charge in [0.25, 0.3) is 5.91 Å². The van der Waals surface area contributed by atoms with Crippen LogP contribution in [0.4, 0.5) is 0 Å². The van der Waals surface area contributed by atoms with E-state index in [9.17, 15) is 9.59 Å². The Hall–Kier alpha value is -1.11. The lowest BCUT2D eigenvalue weighted by Gasteiger charge is -2.17. The predicted octanol–water partition coefficient (Wildman–Crippen LogP) is 2.32. The third kappa shape index (κ3) is 5.18. The highest BCUT2D eigenvalue weighted by molar-refractivity contribution is 14.1. The molecule has 0 bridgehead atoms. The second-order valence-corrected chi connectivity index (χ2v) is 5.77. The number of nitrogens with one attached hydrogen (secondary N) is 2. The fraction of sp³-hybridized carbons (Fsp3) is 0.429. The molecule has 0 fully saturated rings. The molecule has 4 nitrogen and oxygen atoms in total. The van der Waals surface area contributed by atoms with Crippen molar-refractivity contribution in [3.63, 3.8) is 0 Å². The van der Waals surface area contributed by atoms with Gasteiger partial charge in [0.1, 0.15) is 6.04 Å². The van der Waals surface area contributed by atoms with Crippen molar-refractivity contribution in [2.45, 2.75) is 39.3 Å². The van der Waals surface area contributed by atoms with Crippen LogP contribution in [0.15, 0.2) is 24.3 Å². The van der Waals surface area contributed by atoms with E-state index in [0.29, 0.717) is 5.56 Å². The first-order chi connectivity index (χ1) is 8.93. The van der Waals surface area contributed by atoms with E-state index in [1.165, 1.54) is 0 Å². The van der Waals surface area contributed by atoms with E-state index in [2.05, 4.69) is 33.2 Å². The summed E-state index contributed by atoms with van der Waals surface area (Å²) in [5, 5.41) is 5.53. The van der Waals surface area contributed by atoms with E-state index < -0.39 is 6.04 Å². The number of hydrogen-bond acceptors (Lipinski definition) is 2. The molecule has 1 aromatic rings. The lowest BCUT2D eigenvalue weighted by Crippen LogP contribution is -2.47. The van der Waals surface area contributed by atoms with Crippen molar-refractivity contribution < 1.29 is 9.59 Å². The summed E-state index contributed by atoms with van der Waals surface area (Å²) in [6.07, 6.45) is 0.865. The molecule has 0 heterocycles. The van der Waals surface area contributed by atoms with Crippen LogP contribution >= 0.6 is 22.6 Å². The molecule has 0 aliphatic carbocycles. The summed E-state index contributed by atoms with van der Waals surface area (Å²) in [6, 6.07) is 6.79. The first-order valence-electron chi connectivity index (χ1n) is 6.30. The minimum absolute atomic E-state index is 0.116. The third-order valence-electron chi connectivity index (χ3n) is 2.85. The van der Waals surface area contributed by atoms with Gasteiger partial charge >= 0.3 is 0 Å². The van der Waals surface area contributed by atoms with Crippen molar-refractivity contribution in [1.29, 1.82) is 0 Å². The maximum Gasteiger partial charge on any atom is 0.251 e. The Morgan fingerprint density at radius 1 is 1.16 bits per heavy atom. The summed E-state index contributed by atoms with van der Waals surface area (Å²) >= 11 is 2.18. The molecule has 0 saturated heterocycles. The smallest absolute Gasteiger partial charge is 0.251 e. The summed E-state index contributed by atoms with van der Waals surface area (Å²) in [7, 11) is 0. The monoisotopic (exact) mass is 374 g/mol. The van der Waals surface area contributed by atoms with E-state index >= 15 is 0 Å². The topological polar surface area (TPSA) is 58.2 Å². The summed E-state index contributed by atoms with van der Waals surface area (Å²) in [6.45, 7) is 5.62. The molecular formula is C14H19IN2O2. The number of amides is 2. The molecule has 2 amide bonds. The van der Waals surface area contributed by atoms with E-state index in [1.807, 2.05) is 26.0 Å². The normalized spacial score (nSPS) is 13.5. The highest BCUT2D eigenvalue weighted by Gasteiger charge is 2.17. The Bertz CT molecular complexity index is 445. The molecule has 0 aliphatic heterocycles. The second-order valence-electron chi connectivity index (χ2n) is 4.52. The summed E-state index contributed by atoms with van der Waals surface area (Å²) in [5.41, 5.74) is 0.559. The van der Waals surface area contributed by atoms with Crippen molar-refractivity contribution in [1.82, 2.24) is 10.6 Å². The number of carbonyl (C=O) groups is 2. The fourth-order valence-corrected chi connectivity index (χ4v) is 1.78. The van der Waals surface area contributed by atoms with Gasteiger partial charge in [0.15, 0.2) is 0 Å². The average molecular weight is 374 g/mol. The molecule has 0 radical (unpaired) electrons. The van der Waals surface area contributed by atoms with Gasteiger partial charge in [-0.3, -0.25) is 9.59 Å². The van der Waals surface area contributed by atoms with Gasteiger partial charge in [-0.15, -0.1) is 0 Å². The minimum Gasteiger partial charge on any atom is -0.352 e. The second kappa shape index (κ2) is 7.47. The zero-order chi connectivity index (χ0) is 14.4. The van der Waals surface area contributed by atoms with Crippen LogP contribution in [0.3, 0.4) is 0 Å². The SMILES string of the molecule is CC[C@H](C)NC(=O)[C@H](C)NC(=O)c1ccc(I)cc1. The van der Waals surface area contributed by atoms with Gasteiger partial charge in [0.05, 0.1) is 0 Å². The average Bonchev–Trinajstić information content (AvgIpc) is 2.38. The van der Waals surface area contributed by atoms with Gasteiger partial charge < -0.3 is 10.6 Å². The molecule has 1 rings (SSSR count). The van der Waals surface area contributed by atoms with E-state index in [4.69, 9.17) is 0 Å². The number of hydrogen-bond donors (Lipinski definition) is 2. The van der Waals surface area contributed by atoms with Crippen molar-refractivity contribution in [2.75, 3.05) is 0 Å². The van der Waals surface area contributed by atoms with Crippen LogP contribution in [0, 0.1) is 3.57 Å². The van der Waals surface area contributed by atoms with Crippen LogP contribution in [0.5, 0.6) is 0 Å². The maximum absolute atomic E-state index is 11.9. The molecule has 0 aliphatic rings. The largest absolute Gasteiger partial charge is 0.352 e. The first kappa shape index (κ1) is 15.9. The van der Waals surface area contributed by atoms with Crippen LogP contribution in [-0.2, 0) is 4.79 Å². The highest BCUT2D eigenvalue weighted by atomic mass is 127. The van der Waals surface area contributed by atoms with Crippen LogP contribution in [-0.4, -0.2) is 23.9 Å². The van der Waals surface area contributed by atoms with Crippen molar-refractivity contribution in [3.05, 3.63) is 33.4 Å². The molecule has 0 spiro atoms. The Morgan fingerprint density at radius 3 is 2.26 bits per heavy atom. The third-order valence-corrected chi connectivity index (χ3v) is 3.57. The van der Waals surface area contributed by atoms with E-state index in [-0.39, 0.29) is 17.9 Å². The van der Waals surface area contributed by atoms with Gasteiger partial charge in [0.2, 0.25) is 5.91 Å². The summed E-state index contributed by atoms with van der Waals surface area (Å²) in [5.74, 6) is -0.392. The molecule has 19 heavy (non-hydrogen) atoms. The van der Waals surface area contributed by atoms with Gasteiger partial charge in [-0.05, 0) is 67.1 Å². The number of halogens is 1. The van der Waals surface area contributed by atoms with Gasteiger partial charge in [-0.2, -0.15) is 0 Å². The standard InChI is InChI=1S/C14H19IN2O2/c1-4-9(2)16-13(18)10(3)17-14(19)11-5-7-12(15)8-6-11/h5-10H,4H2,1-3H3,(H,16,18)(H,17,19)/t9-,10-/m0/s1. The van der Waals surface area contributed by atoms with Crippen molar-refractivity contribution in [3.8, 4) is 0 Å². The van der Waals surface area contributed by atoms with Crippen LogP contribution in [0.25, 0.3) is 0 Å². The lowest BCUT2D eigenvalue weighted by molar-refractivity contribution is -0.123. The van der Waals surface area contributed by atoms with Gasteiger partial charge in [0, 0.05) is 15.2 Å². The van der Waals surface area contributed by atoms with Gasteiger partial charge in [-0.25, -0.2) is 0 Å². The van der Waals surface area contributed by atoms with E-state index in [0.717, 1.165) is 9.99 Å². The molecule has 2 N–H and O–H groups in total. The molecule has 0 unspecified atom stereocenters. The lowest BCUT2D eigenvalue weighted by atomic mass is 10.2. The quantitative estimate of drug-likeness (QED) is 0.778. The van der Waals surface area contributed by atoms with Crippen molar-refractivity contribution >= 4 is 34.4 Å². The molecule has 2 atom stereocenters. The Kier molecular flexibility index (Phi) is 6.27. The molecule has 5 heteroatoms. The number of benzene rings is 1. The maximum atomic E-state index is 11.9. The Morgan fingerprint density at radius 2 is 1.74 bits per heavy atom. The zero-order valence-corrected chi connectivity index (χ0v) is 13.5. The first-order valence-corrected chi connectivity index (χ1v) is 7.38. The molecule has 1 aromatic carbocycles. The Labute approximate surface area is 127 Å². The minimum atomic E-state index is -0.541. The molecular weight excluding hydrogens is 355 g/mol. The predicted molar refractivity (Wildman–Crippen MR) is 84.0 cm³/mol. The van der Waals surface area contributed by atoms with Crippen LogP contribution in [0.1, 0.15) is 37.6 Å². The van der Waals surface area contributed by atoms with Gasteiger partial charge in [-0.1, -0.05) is 6.92 Å².